The number of urea groups is 1. The number of nitrogens with one attached hydrogen (secondary N) is 1. The molecule has 0 bridgehead atoms. The number of hydrogen-bond donors (Lipinski definition) is 1. The highest BCUT2D eigenvalue weighted by atomic mass is 35.5. The van der Waals surface area contributed by atoms with Crippen molar-refractivity contribution in [3.63, 3.8) is 0 Å². The molecule has 3 aromatic carbocycles. The van der Waals surface area contributed by atoms with E-state index >= 15 is 0 Å². The first-order valence-corrected chi connectivity index (χ1v) is 11.5. The van der Waals surface area contributed by atoms with E-state index < -0.39 is 6.04 Å². The van der Waals surface area contributed by atoms with Crippen molar-refractivity contribution in [2.75, 3.05) is 0 Å². The minimum atomic E-state index is -0.593. The number of amides is 2. The van der Waals surface area contributed by atoms with Crippen LogP contribution in [0, 0.1) is 12.7 Å². The Morgan fingerprint density at radius 2 is 1.83 bits per heavy atom. The van der Waals surface area contributed by atoms with Crippen LogP contribution < -0.4 is 5.32 Å². The van der Waals surface area contributed by atoms with Crippen LogP contribution in [-0.2, 0) is 6.54 Å². The van der Waals surface area contributed by atoms with E-state index in [0.717, 1.165) is 11.1 Å². The lowest BCUT2D eigenvalue weighted by Gasteiger charge is -2.35. The first-order chi connectivity index (χ1) is 16.9. The van der Waals surface area contributed by atoms with Crippen molar-refractivity contribution in [1.29, 1.82) is 0 Å². The summed E-state index contributed by atoms with van der Waals surface area (Å²) in [7, 11) is 0. The molecule has 0 saturated carbocycles. The Hall–Kier alpha value is -3.97. The molecule has 1 atom stereocenters. The van der Waals surface area contributed by atoms with Gasteiger partial charge in [0.25, 0.3) is 5.89 Å². The zero-order chi connectivity index (χ0) is 24.5. The maximum Gasteiger partial charge on any atom is 0.322 e. The molecule has 8 heteroatoms. The van der Waals surface area contributed by atoms with Crippen LogP contribution in [0.1, 0.15) is 35.5 Å². The highest BCUT2D eigenvalue weighted by Gasteiger charge is 2.35. The van der Waals surface area contributed by atoms with E-state index in [0.29, 0.717) is 39.8 Å². The summed E-state index contributed by atoms with van der Waals surface area (Å²) in [5, 5.41) is 7.74. The summed E-state index contributed by atoms with van der Waals surface area (Å²) in [6, 6.07) is 20.3. The molecule has 0 radical (unpaired) electrons. The zero-order valence-electron chi connectivity index (χ0n) is 19.1. The molecular weight excluding hydrogens is 467 g/mol. The molecule has 2 heterocycles. The third-order valence-corrected chi connectivity index (χ3v) is 6.20. The van der Waals surface area contributed by atoms with Crippen molar-refractivity contribution in [1.82, 2.24) is 20.4 Å². The lowest BCUT2D eigenvalue weighted by atomic mass is 9.94. The van der Waals surface area contributed by atoms with Gasteiger partial charge in [0.05, 0.1) is 18.2 Å². The predicted molar refractivity (Wildman–Crippen MR) is 132 cm³/mol. The van der Waals surface area contributed by atoms with Crippen molar-refractivity contribution in [2.24, 2.45) is 0 Å². The molecule has 2 amide bonds. The molecule has 4 aromatic rings. The van der Waals surface area contributed by atoms with E-state index in [1.807, 2.05) is 50.2 Å². The minimum Gasteiger partial charge on any atom is -0.334 e. The van der Waals surface area contributed by atoms with E-state index in [9.17, 15) is 9.18 Å². The van der Waals surface area contributed by atoms with E-state index in [-0.39, 0.29) is 17.7 Å². The van der Waals surface area contributed by atoms with Crippen molar-refractivity contribution < 1.29 is 13.7 Å². The zero-order valence-corrected chi connectivity index (χ0v) is 19.9. The maximum absolute atomic E-state index is 13.6. The molecule has 0 aliphatic carbocycles. The molecule has 1 aliphatic rings. The molecule has 35 heavy (non-hydrogen) atoms. The van der Waals surface area contributed by atoms with Crippen molar-refractivity contribution in [3.8, 4) is 11.4 Å². The highest BCUT2D eigenvalue weighted by Crippen LogP contribution is 2.38. The second-order valence-electron chi connectivity index (χ2n) is 8.44. The number of rotatable bonds is 5. The SMILES string of the molecule is CC1=C(c2nc(-c3cccc(Cl)c3)no2)C(c2ccc(F)cc2)NC(=O)N1Cc1cccc(C)c1. The third-order valence-electron chi connectivity index (χ3n) is 5.96. The first kappa shape index (κ1) is 22.8. The fourth-order valence-electron chi connectivity index (χ4n) is 4.22. The Morgan fingerprint density at radius 1 is 1.06 bits per heavy atom. The average molecular weight is 489 g/mol. The summed E-state index contributed by atoms with van der Waals surface area (Å²) in [4.78, 5) is 19.5. The van der Waals surface area contributed by atoms with Gasteiger partial charge in [-0.05, 0) is 49.2 Å². The smallest absolute Gasteiger partial charge is 0.322 e. The normalized spacial score (nSPS) is 15.9. The van der Waals surface area contributed by atoms with E-state index in [2.05, 4.69) is 15.5 Å². The van der Waals surface area contributed by atoms with Gasteiger partial charge in [-0.15, -0.1) is 0 Å². The standard InChI is InChI=1S/C27H22ClFN4O2/c1-16-5-3-6-18(13-16)15-33-17(2)23(24(30-27(33)34)19-9-11-22(29)12-10-19)26-31-25(32-35-26)20-7-4-8-21(28)14-20/h3-14,24H,15H2,1-2H3,(H,30,34). The molecule has 0 spiro atoms. The Balaban J connectivity index is 1.60. The van der Waals surface area contributed by atoms with Crippen LogP contribution in [0.3, 0.4) is 0 Å². The predicted octanol–water partition coefficient (Wildman–Crippen LogP) is 6.54. The van der Waals surface area contributed by atoms with Crippen LogP contribution >= 0.6 is 11.6 Å². The van der Waals surface area contributed by atoms with Gasteiger partial charge in [-0.25, -0.2) is 9.18 Å². The van der Waals surface area contributed by atoms with E-state index in [1.165, 1.54) is 12.1 Å². The second-order valence-corrected chi connectivity index (χ2v) is 8.88. The van der Waals surface area contributed by atoms with Crippen LogP contribution in [0.15, 0.2) is 83.0 Å². The van der Waals surface area contributed by atoms with Gasteiger partial charge >= 0.3 is 6.03 Å². The number of benzene rings is 3. The molecule has 0 saturated heterocycles. The topological polar surface area (TPSA) is 71.3 Å². The molecule has 1 aromatic heterocycles. The van der Waals surface area contributed by atoms with E-state index in [4.69, 9.17) is 16.1 Å². The number of aromatic nitrogens is 2. The highest BCUT2D eigenvalue weighted by molar-refractivity contribution is 6.30. The fraction of sp³-hybridized carbons (Fsp3) is 0.148. The van der Waals surface area contributed by atoms with Crippen LogP contribution in [0.25, 0.3) is 17.0 Å². The van der Waals surface area contributed by atoms with Crippen LogP contribution in [-0.4, -0.2) is 21.1 Å². The quantitative estimate of drug-likeness (QED) is 0.346. The van der Waals surface area contributed by atoms with Gasteiger partial charge in [0.15, 0.2) is 0 Å². The average Bonchev–Trinajstić information content (AvgIpc) is 3.32. The van der Waals surface area contributed by atoms with Gasteiger partial charge in [-0.3, -0.25) is 4.90 Å². The van der Waals surface area contributed by atoms with Crippen molar-refractivity contribution in [2.45, 2.75) is 26.4 Å². The lowest BCUT2D eigenvalue weighted by molar-refractivity contribution is 0.203. The van der Waals surface area contributed by atoms with Gasteiger partial charge in [0.2, 0.25) is 5.82 Å². The van der Waals surface area contributed by atoms with Crippen LogP contribution in [0.2, 0.25) is 5.02 Å². The molecule has 1 N–H and O–H groups in total. The number of allylic oxidation sites excluding steroid dienone is 1. The molecular formula is C27H22ClFN4O2. The van der Waals surface area contributed by atoms with Crippen molar-refractivity contribution >= 4 is 23.2 Å². The van der Waals surface area contributed by atoms with Gasteiger partial charge in [-0.2, -0.15) is 4.98 Å². The fourth-order valence-corrected chi connectivity index (χ4v) is 4.42. The molecule has 176 valence electrons. The number of nitrogens with zero attached hydrogens (tertiary/aromatic N) is 3. The Kier molecular flexibility index (Phi) is 6.09. The summed E-state index contributed by atoms with van der Waals surface area (Å²) >= 11 is 6.13. The van der Waals surface area contributed by atoms with Crippen molar-refractivity contribution in [3.05, 3.63) is 112 Å². The Bertz CT molecular complexity index is 1430. The third kappa shape index (κ3) is 4.68. The monoisotopic (exact) mass is 488 g/mol. The van der Waals surface area contributed by atoms with Gasteiger partial charge in [0, 0.05) is 16.3 Å². The summed E-state index contributed by atoms with van der Waals surface area (Å²) in [6.07, 6.45) is 0. The summed E-state index contributed by atoms with van der Waals surface area (Å²) < 4.78 is 19.3. The minimum absolute atomic E-state index is 0.265. The molecule has 1 unspecified atom stereocenters. The van der Waals surface area contributed by atoms with Crippen LogP contribution in [0.5, 0.6) is 0 Å². The van der Waals surface area contributed by atoms with Gasteiger partial charge in [0.1, 0.15) is 5.82 Å². The number of hydrogen-bond acceptors (Lipinski definition) is 4. The number of halogens is 2. The molecule has 6 nitrogen and oxygen atoms in total. The first-order valence-electron chi connectivity index (χ1n) is 11.1. The summed E-state index contributed by atoms with van der Waals surface area (Å²) in [5.41, 5.74) is 4.82. The lowest BCUT2D eigenvalue weighted by Crippen LogP contribution is -2.45. The number of aryl methyl sites for hydroxylation is 1. The molecule has 0 fully saturated rings. The summed E-state index contributed by atoms with van der Waals surface area (Å²) in [5.74, 6) is 0.282. The van der Waals surface area contributed by atoms with E-state index in [1.54, 1.807) is 29.2 Å². The largest absolute Gasteiger partial charge is 0.334 e. The number of carbonyl (C=O) groups is 1. The second kappa shape index (κ2) is 9.35. The van der Waals surface area contributed by atoms with Gasteiger partial charge < -0.3 is 9.84 Å². The Morgan fingerprint density at radius 3 is 2.57 bits per heavy atom. The summed E-state index contributed by atoms with van der Waals surface area (Å²) in [6.45, 7) is 4.23. The molecule has 5 rings (SSSR count). The van der Waals surface area contributed by atoms with Gasteiger partial charge in [-0.1, -0.05) is 70.9 Å². The maximum atomic E-state index is 13.6. The Labute approximate surface area is 207 Å². The van der Waals surface area contributed by atoms with Crippen LogP contribution in [0.4, 0.5) is 9.18 Å². The number of carbonyl (C=O) groups excluding carboxylic acids is 1. The molecule has 1 aliphatic heterocycles.